The van der Waals surface area contributed by atoms with Crippen molar-refractivity contribution >= 4 is 47.1 Å². The number of nitrogens with one attached hydrogen (secondary N) is 2. The Morgan fingerprint density at radius 3 is 2.72 bits per heavy atom. The van der Waals surface area contributed by atoms with Crippen LogP contribution >= 0.6 is 23.4 Å². The van der Waals surface area contributed by atoms with Crippen LogP contribution in [0.4, 0.5) is 11.6 Å². The van der Waals surface area contributed by atoms with Crippen LogP contribution in [0.3, 0.4) is 0 Å². The maximum Gasteiger partial charge on any atom is 0.264 e. The van der Waals surface area contributed by atoms with Gasteiger partial charge < -0.3 is 11.2 Å². The van der Waals surface area contributed by atoms with Crippen LogP contribution in [0, 0.1) is 13.8 Å². The molecule has 8 nitrogen and oxygen atoms in total. The average Bonchev–Trinajstić information content (AvgIpc) is 3.04. The van der Waals surface area contributed by atoms with E-state index in [9.17, 15) is 4.79 Å². The molecule has 4 N–H and O–H groups in total. The van der Waals surface area contributed by atoms with Gasteiger partial charge in [0.1, 0.15) is 0 Å². The number of anilines is 2. The maximum absolute atomic E-state index is 12.2. The second-order valence-corrected chi connectivity index (χ2v) is 7.63. The van der Waals surface area contributed by atoms with Gasteiger partial charge in [-0.1, -0.05) is 53.2 Å². The molecule has 1 heterocycles. The molecule has 0 aliphatic rings. The van der Waals surface area contributed by atoms with Gasteiger partial charge in [0.2, 0.25) is 11.1 Å². The number of nitrogen functional groups attached to an aromatic ring is 1. The molecular weight excluding hydrogens is 410 g/mol. The van der Waals surface area contributed by atoms with E-state index in [1.54, 1.807) is 18.3 Å². The van der Waals surface area contributed by atoms with Crippen molar-refractivity contribution in [1.29, 1.82) is 0 Å². The van der Waals surface area contributed by atoms with Crippen molar-refractivity contribution in [3.05, 3.63) is 64.2 Å². The van der Waals surface area contributed by atoms with Gasteiger partial charge in [-0.25, -0.2) is 10.1 Å². The third kappa shape index (κ3) is 5.72. The lowest BCUT2D eigenvalue weighted by Gasteiger charge is -2.08. The number of aromatic nitrogens is 3. The first kappa shape index (κ1) is 20.7. The first-order valence-corrected chi connectivity index (χ1v) is 10.0. The lowest BCUT2D eigenvalue weighted by molar-refractivity contribution is -0.113. The predicted octanol–water partition coefficient (Wildman–Crippen LogP) is 3.44. The van der Waals surface area contributed by atoms with Gasteiger partial charge in [0.05, 0.1) is 12.0 Å². The summed E-state index contributed by atoms with van der Waals surface area (Å²) in [5.41, 5.74) is 6.53. The highest BCUT2D eigenvalue weighted by atomic mass is 35.5. The van der Waals surface area contributed by atoms with Gasteiger partial charge in [0, 0.05) is 10.7 Å². The summed E-state index contributed by atoms with van der Waals surface area (Å²) in [5, 5.41) is 15.9. The average molecular weight is 430 g/mol. The second kappa shape index (κ2) is 9.44. The summed E-state index contributed by atoms with van der Waals surface area (Å²) < 4.78 is 1.24. The maximum atomic E-state index is 12.2. The standard InChI is InChI=1S/C19H20ClN7OS/c1-12-3-8-16(13(2)9-12)23-17(28)11-29-19-26-25-18(27(19)21)24-22-10-14-4-6-15(20)7-5-14/h3-10H,11,21H2,1-2H3,(H,23,28)(H,24,25)/b22-10+. The van der Waals surface area contributed by atoms with E-state index >= 15 is 0 Å². The summed E-state index contributed by atoms with van der Waals surface area (Å²) in [6, 6.07) is 13.1. The first-order valence-electron chi connectivity index (χ1n) is 8.67. The Hall–Kier alpha value is -3.04. The molecule has 1 amide bonds. The molecule has 0 atom stereocenters. The van der Waals surface area contributed by atoms with Gasteiger partial charge in [-0.15, -0.1) is 10.2 Å². The largest absolute Gasteiger partial charge is 0.334 e. The summed E-state index contributed by atoms with van der Waals surface area (Å²) >= 11 is 7.03. The molecule has 3 aromatic rings. The minimum Gasteiger partial charge on any atom is -0.334 e. The number of benzene rings is 2. The number of carbonyl (C=O) groups excluding carboxylic acids is 1. The third-order valence-corrected chi connectivity index (χ3v) is 5.10. The van der Waals surface area contributed by atoms with Gasteiger partial charge in [-0.2, -0.15) is 5.10 Å². The van der Waals surface area contributed by atoms with Gasteiger partial charge in [-0.05, 0) is 43.2 Å². The highest BCUT2D eigenvalue weighted by Crippen LogP contribution is 2.19. The molecule has 3 rings (SSSR count). The molecule has 0 fully saturated rings. The minimum absolute atomic E-state index is 0.149. The van der Waals surface area contributed by atoms with Crippen LogP contribution in [-0.4, -0.2) is 32.7 Å². The highest BCUT2D eigenvalue weighted by molar-refractivity contribution is 7.99. The van der Waals surface area contributed by atoms with E-state index in [0.717, 1.165) is 22.4 Å². The predicted molar refractivity (Wildman–Crippen MR) is 118 cm³/mol. The van der Waals surface area contributed by atoms with Crippen LogP contribution in [-0.2, 0) is 4.79 Å². The van der Waals surface area contributed by atoms with E-state index in [2.05, 4.69) is 26.0 Å². The Balaban J connectivity index is 1.53. The number of hydrogen-bond acceptors (Lipinski definition) is 7. The number of rotatable bonds is 7. The molecule has 1 aromatic heterocycles. The van der Waals surface area contributed by atoms with Crippen molar-refractivity contribution < 1.29 is 4.79 Å². The topological polar surface area (TPSA) is 110 Å². The number of thioether (sulfide) groups is 1. The van der Waals surface area contributed by atoms with E-state index in [1.807, 2.05) is 44.2 Å². The van der Waals surface area contributed by atoms with Crippen LogP contribution in [0.25, 0.3) is 0 Å². The zero-order valence-electron chi connectivity index (χ0n) is 15.9. The molecule has 0 aliphatic heterocycles. The summed E-state index contributed by atoms with van der Waals surface area (Å²) in [7, 11) is 0. The lowest BCUT2D eigenvalue weighted by Crippen LogP contribution is -2.17. The number of hydrogen-bond donors (Lipinski definition) is 3. The molecule has 150 valence electrons. The van der Waals surface area contributed by atoms with Crippen LogP contribution < -0.4 is 16.6 Å². The van der Waals surface area contributed by atoms with Crippen molar-refractivity contribution in [2.24, 2.45) is 5.10 Å². The highest BCUT2D eigenvalue weighted by Gasteiger charge is 2.12. The van der Waals surface area contributed by atoms with Gasteiger partial charge in [-0.3, -0.25) is 4.79 Å². The quantitative estimate of drug-likeness (QED) is 0.229. The molecule has 0 saturated carbocycles. The molecule has 0 bridgehead atoms. The van der Waals surface area contributed by atoms with E-state index < -0.39 is 0 Å². The number of carbonyl (C=O) groups is 1. The van der Waals surface area contributed by atoms with Crippen molar-refractivity contribution in [2.45, 2.75) is 19.0 Å². The SMILES string of the molecule is Cc1ccc(NC(=O)CSc2nnc(N/N=C/c3ccc(Cl)cc3)n2N)c(C)c1. The minimum atomic E-state index is -0.153. The fourth-order valence-electron chi connectivity index (χ4n) is 2.44. The van der Waals surface area contributed by atoms with E-state index in [0.29, 0.717) is 10.2 Å². The monoisotopic (exact) mass is 429 g/mol. The fourth-order valence-corrected chi connectivity index (χ4v) is 3.22. The van der Waals surface area contributed by atoms with Crippen LogP contribution in [0.15, 0.2) is 52.7 Å². The first-order chi connectivity index (χ1) is 13.9. The number of amides is 1. The van der Waals surface area contributed by atoms with Crippen molar-refractivity contribution in [3.63, 3.8) is 0 Å². The van der Waals surface area contributed by atoms with Crippen molar-refractivity contribution in [3.8, 4) is 0 Å². The van der Waals surface area contributed by atoms with Crippen LogP contribution in [0.5, 0.6) is 0 Å². The van der Waals surface area contributed by atoms with Crippen LogP contribution in [0.2, 0.25) is 5.02 Å². The van der Waals surface area contributed by atoms with Gasteiger partial charge >= 0.3 is 0 Å². The molecular formula is C19H20ClN7OS. The molecule has 0 aliphatic carbocycles. The lowest BCUT2D eigenvalue weighted by atomic mass is 10.1. The molecule has 0 spiro atoms. The number of aryl methyl sites for hydroxylation is 2. The van der Waals surface area contributed by atoms with Crippen LogP contribution in [0.1, 0.15) is 16.7 Å². The Labute approximate surface area is 177 Å². The molecule has 0 saturated heterocycles. The van der Waals surface area contributed by atoms with E-state index in [1.165, 1.54) is 16.4 Å². The second-order valence-electron chi connectivity index (χ2n) is 6.25. The molecule has 29 heavy (non-hydrogen) atoms. The molecule has 10 heteroatoms. The molecule has 2 aromatic carbocycles. The molecule has 0 radical (unpaired) electrons. The van der Waals surface area contributed by atoms with E-state index in [4.69, 9.17) is 17.4 Å². The number of halogens is 1. The van der Waals surface area contributed by atoms with Gasteiger partial charge in [0.15, 0.2) is 0 Å². The number of nitrogens with two attached hydrogens (primary N) is 1. The zero-order chi connectivity index (χ0) is 20.8. The van der Waals surface area contributed by atoms with Gasteiger partial charge in [0.25, 0.3) is 5.95 Å². The zero-order valence-corrected chi connectivity index (χ0v) is 17.5. The van der Waals surface area contributed by atoms with E-state index in [-0.39, 0.29) is 17.6 Å². The molecule has 0 unspecified atom stereocenters. The van der Waals surface area contributed by atoms with Crippen molar-refractivity contribution in [2.75, 3.05) is 22.3 Å². The normalized spacial score (nSPS) is 11.0. The Bertz CT molecular complexity index is 1030. The Kier molecular flexibility index (Phi) is 6.73. The smallest absolute Gasteiger partial charge is 0.264 e. The Morgan fingerprint density at radius 2 is 2.00 bits per heavy atom. The summed E-state index contributed by atoms with van der Waals surface area (Å²) in [6.07, 6.45) is 1.61. The van der Waals surface area contributed by atoms with Crippen molar-refractivity contribution in [1.82, 2.24) is 14.9 Å². The summed E-state index contributed by atoms with van der Waals surface area (Å²) in [4.78, 5) is 12.2. The summed E-state index contributed by atoms with van der Waals surface area (Å²) in [6.45, 7) is 3.96. The summed E-state index contributed by atoms with van der Waals surface area (Å²) in [5.74, 6) is 6.22. The number of hydrazone groups is 1. The fraction of sp³-hybridized carbons (Fsp3) is 0.158. The third-order valence-electron chi connectivity index (χ3n) is 3.90. The number of nitrogens with zero attached hydrogens (tertiary/aromatic N) is 4. The Morgan fingerprint density at radius 1 is 1.24 bits per heavy atom.